The number of ketones is 2. The van der Waals surface area contributed by atoms with E-state index in [0.717, 1.165) is 12.1 Å². The highest BCUT2D eigenvalue weighted by Crippen LogP contribution is 2.54. The molecule has 0 spiro atoms. The monoisotopic (exact) mass is 526 g/mol. The highest BCUT2D eigenvalue weighted by molar-refractivity contribution is 6.22. The van der Waals surface area contributed by atoms with Crippen molar-refractivity contribution in [1.82, 2.24) is 0 Å². The second kappa shape index (κ2) is 8.38. The number of phenols is 1. The maximum Gasteiger partial charge on any atom is 0.255 e. The zero-order chi connectivity index (χ0) is 27.8. The van der Waals surface area contributed by atoms with Crippen molar-refractivity contribution >= 4 is 28.9 Å². The van der Waals surface area contributed by atoms with E-state index in [1.807, 2.05) is 0 Å². The summed E-state index contributed by atoms with van der Waals surface area (Å²) in [6.07, 6.45) is -0.294. The van der Waals surface area contributed by atoms with E-state index in [1.165, 1.54) is 6.07 Å². The molecular formula is C27H24F2N2O7. The Bertz CT molecular complexity index is 1530. The van der Waals surface area contributed by atoms with Crippen LogP contribution in [0.15, 0.2) is 41.2 Å². The molecule has 1 fully saturated rings. The molecule has 0 aromatic heterocycles. The van der Waals surface area contributed by atoms with Gasteiger partial charge in [0.1, 0.15) is 22.8 Å². The van der Waals surface area contributed by atoms with E-state index < -0.39 is 75.8 Å². The highest BCUT2D eigenvalue weighted by Gasteiger charge is 2.60. The van der Waals surface area contributed by atoms with Crippen LogP contribution in [0.25, 0.3) is 16.9 Å². The van der Waals surface area contributed by atoms with Crippen LogP contribution in [0, 0.1) is 23.5 Å². The number of anilines is 1. The summed E-state index contributed by atoms with van der Waals surface area (Å²) in [5, 5.41) is 44.7. The van der Waals surface area contributed by atoms with E-state index in [2.05, 4.69) is 0 Å². The number of amides is 1. The third kappa shape index (κ3) is 3.34. The molecule has 5 rings (SSSR count). The number of aliphatic hydroxyl groups is 3. The van der Waals surface area contributed by atoms with Crippen molar-refractivity contribution in [1.29, 1.82) is 0 Å². The number of phenolic OH excluding ortho intramolecular Hbond substituents is 1. The summed E-state index contributed by atoms with van der Waals surface area (Å²) in [4.78, 5) is 39.6. The lowest BCUT2D eigenvalue weighted by atomic mass is 9.59. The summed E-state index contributed by atoms with van der Waals surface area (Å²) < 4.78 is 27.6. The van der Waals surface area contributed by atoms with Gasteiger partial charge in [-0.2, -0.15) is 0 Å². The molecule has 1 saturated carbocycles. The molecule has 3 aliphatic rings. The van der Waals surface area contributed by atoms with Gasteiger partial charge < -0.3 is 31.1 Å². The molecule has 2 aromatic rings. The Morgan fingerprint density at radius 3 is 2.37 bits per heavy atom. The van der Waals surface area contributed by atoms with Crippen molar-refractivity contribution in [2.45, 2.75) is 24.9 Å². The molecule has 0 heterocycles. The maximum absolute atomic E-state index is 14.0. The van der Waals surface area contributed by atoms with Crippen LogP contribution in [0.3, 0.4) is 0 Å². The Kier molecular flexibility index (Phi) is 5.60. The number of hydrogen-bond acceptors (Lipinski definition) is 8. The molecule has 0 radical (unpaired) electrons. The second-order valence-electron chi connectivity index (χ2n) is 10.1. The molecule has 0 aliphatic heterocycles. The Morgan fingerprint density at radius 2 is 1.76 bits per heavy atom. The van der Waals surface area contributed by atoms with Crippen LogP contribution in [-0.2, 0) is 20.8 Å². The lowest BCUT2D eigenvalue weighted by Gasteiger charge is -2.46. The molecule has 6 N–H and O–H groups in total. The van der Waals surface area contributed by atoms with E-state index in [1.54, 1.807) is 25.1 Å². The average molecular weight is 526 g/mol. The Hall–Kier alpha value is -4.25. The van der Waals surface area contributed by atoms with E-state index >= 15 is 0 Å². The minimum Gasteiger partial charge on any atom is -0.508 e. The summed E-state index contributed by atoms with van der Waals surface area (Å²) >= 11 is 0. The van der Waals surface area contributed by atoms with Gasteiger partial charge in [0, 0.05) is 43.3 Å². The minimum atomic E-state index is -2.67. The van der Waals surface area contributed by atoms with Crippen LogP contribution in [0.1, 0.15) is 24.0 Å². The van der Waals surface area contributed by atoms with Gasteiger partial charge in [-0.25, -0.2) is 8.78 Å². The second-order valence-corrected chi connectivity index (χ2v) is 10.1. The fraction of sp³-hybridized carbons (Fsp3) is 0.296. The first-order valence-electron chi connectivity index (χ1n) is 11.8. The topological polar surface area (TPSA) is 161 Å². The molecule has 2 aromatic carbocycles. The first-order chi connectivity index (χ1) is 17.8. The molecule has 11 heteroatoms. The van der Waals surface area contributed by atoms with Gasteiger partial charge in [0.05, 0.1) is 5.56 Å². The van der Waals surface area contributed by atoms with Crippen LogP contribution in [0.5, 0.6) is 5.75 Å². The highest BCUT2D eigenvalue weighted by atomic mass is 19.2. The molecule has 198 valence electrons. The zero-order valence-electron chi connectivity index (χ0n) is 20.4. The van der Waals surface area contributed by atoms with Crippen molar-refractivity contribution in [3.8, 4) is 16.9 Å². The number of nitrogens with two attached hydrogens (primary N) is 1. The predicted octanol–water partition coefficient (Wildman–Crippen LogP) is 2.44. The van der Waals surface area contributed by atoms with Gasteiger partial charge in [-0.15, -0.1) is 0 Å². The van der Waals surface area contributed by atoms with Crippen molar-refractivity contribution in [3.63, 3.8) is 0 Å². The van der Waals surface area contributed by atoms with E-state index in [9.17, 15) is 43.6 Å². The summed E-state index contributed by atoms with van der Waals surface area (Å²) in [5.41, 5.74) is 2.38. The SMILES string of the molecule is CN(C)c1cc(-c2ccc(F)c(F)c2)c(O)c2c1CC1CC3CC(=O)C(C(N)=O)=C(O)C3(O)C(=O)C1=C2O. The molecule has 0 bridgehead atoms. The Balaban J connectivity index is 1.75. The number of primary amides is 1. The minimum absolute atomic E-state index is 0.00146. The number of halogens is 2. The van der Waals surface area contributed by atoms with Crippen LogP contribution in [0.4, 0.5) is 14.5 Å². The number of aliphatic hydroxyl groups excluding tert-OH is 2. The first-order valence-corrected chi connectivity index (χ1v) is 11.8. The van der Waals surface area contributed by atoms with Gasteiger partial charge >= 0.3 is 0 Å². The summed E-state index contributed by atoms with van der Waals surface area (Å²) in [7, 11) is 3.41. The number of nitrogens with zero attached hydrogens (tertiary/aromatic N) is 1. The third-order valence-electron chi connectivity index (χ3n) is 7.75. The lowest BCUT2D eigenvalue weighted by Crippen LogP contribution is -2.58. The van der Waals surface area contributed by atoms with Gasteiger partial charge in [0.2, 0.25) is 5.78 Å². The number of fused-ring (bicyclic) bond motifs is 3. The van der Waals surface area contributed by atoms with Gasteiger partial charge in [0.25, 0.3) is 5.91 Å². The normalized spacial score (nSPS) is 24.7. The van der Waals surface area contributed by atoms with Crippen LogP contribution >= 0.6 is 0 Å². The molecular weight excluding hydrogens is 502 g/mol. The number of Topliss-reactive ketones (excluding diaryl/α,β-unsaturated/α-hetero) is 2. The predicted molar refractivity (Wildman–Crippen MR) is 131 cm³/mol. The van der Waals surface area contributed by atoms with Crippen LogP contribution in [-0.4, -0.2) is 57.6 Å². The first kappa shape index (κ1) is 25.4. The zero-order valence-corrected chi connectivity index (χ0v) is 20.4. The molecule has 1 amide bonds. The fourth-order valence-corrected chi connectivity index (χ4v) is 5.95. The number of hydrogen-bond donors (Lipinski definition) is 5. The van der Waals surface area contributed by atoms with Crippen LogP contribution < -0.4 is 10.6 Å². The van der Waals surface area contributed by atoms with Gasteiger partial charge in [-0.3, -0.25) is 14.4 Å². The van der Waals surface area contributed by atoms with Gasteiger partial charge in [0.15, 0.2) is 23.0 Å². The number of carbonyl (C=O) groups excluding carboxylic acids is 3. The average Bonchev–Trinajstić information content (AvgIpc) is 2.83. The Morgan fingerprint density at radius 1 is 1.08 bits per heavy atom. The smallest absolute Gasteiger partial charge is 0.255 e. The molecule has 3 atom stereocenters. The van der Waals surface area contributed by atoms with Gasteiger partial charge in [-0.1, -0.05) is 6.07 Å². The standard InChI is InChI=1S/C27H24F2N2O7/c1-31(2)17-9-13(10-3-4-15(28)16(29)7-10)22(33)20-14(17)6-11-5-12-8-18(32)21(26(30)37)25(36)27(12,38)24(35)19(11)23(20)34/h3-4,7,9,11-12,33-34,36,38H,5-6,8H2,1-2H3,(H2,30,37). The van der Waals surface area contributed by atoms with Crippen molar-refractivity contribution in [2.75, 3.05) is 19.0 Å². The quantitative estimate of drug-likeness (QED) is 0.381. The van der Waals surface area contributed by atoms with Crippen molar-refractivity contribution in [2.24, 2.45) is 17.6 Å². The van der Waals surface area contributed by atoms with Crippen LogP contribution in [0.2, 0.25) is 0 Å². The number of carbonyl (C=O) groups is 3. The maximum atomic E-state index is 14.0. The van der Waals surface area contributed by atoms with Crippen molar-refractivity contribution in [3.05, 3.63) is 63.9 Å². The summed E-state index contributed by atoms with van der Waals surface area (Å²) in [6.45, 7) is 0. The fourth-order valence-electron chi connectivity index (χ4n) is 5.95. The Labute approximate surface area is 215 Å². The van der Waals surface area contributed by atoms with E-state index in [0.29, 0.717) is 11.3 Å². The molecule has 0 saturated heterocycles. The lowest BCUT2D eigenvalue weighted by molar-refractivity contribution is -0.147. The van der Waals surface area contributed by atoms with E-state index in [4.69, 9.17) is 5.73 Å². The number of benzene rings is 2. The largest absolute Gasteiger partial charge is 0.508 e. The number of rotatable bonds is 3. The summed E-state index contributed by atoms with van der Waals surface area (Å²) in [6, 6.07) is 4.58. The number of aromatic hydroxyl groups is 1. The molecule has 3 unspecified atom stereocenters. The van der Waals surface area contributed by atoms with Crippen molar-refractivity contribution < 1.29 is 43.6 Å². The third-order valence-corrected chi connectivity index (χ3v) is 7.75. The summed E-state index contributed by atoms with van der Waals surface area (Å²) in [5.74, 6) is -9.54. The molecule has 9 nitrogen and oxygen atoms in total. The molecule has 38 heavy (non-hydrogen) atoms. The van der Waals surface area contributed by atoms with E-state index in [-0.39, 0.29) is 35.1 Å². The molecule has 3 aliphatic carbocycles. The van der Waals surface area contributed by atoms with Gasteiger partial charge in [-0.05, 0) is 48.1 Å².